The van der Waals surface area contributed by atoms with Crippen LogP contribution in [0.4, 0.5) is 5.69 Å². The minimum atomic E-state index is -0.900. The Bertz CT molecular complexity index is 585. The second-order valence-corrected chi connectivity index (χ2v) is 4.85. The lowest BCUT2D eigenvalue weighted by molar-refractivity contribution is -0.137. The predicted octanol–water partition coefficient (Wildman–Crippen LogP) is 0.607. The van der Waals surface area contributed by atoms with E-state index >= 15 is 0 Å². The molecule has 1 amide bonds. The van der Waals surface area contributed by atoms with Crippen molar-refractivity contribution in [2.75, 3.05) is 32.1 Å². The van der Waals surface area contributed by atoms with Gasteiger partial charge >= 0.3 is 5.97 Å². The van der Waals surface area contributed by atoms with Crippen molar-refractivity contribution >= 4 is 23.3 Å². The molecule has 1 aliphatic heterocycles. The number of carbonyl (C=O) groups excluding carboxylic acids is 2. The van der Waals surface area contributed by atoms with Crippen molar-refractivity contribution < 1.29 is 24.2 Å². The van der Waals surface area contributed by atoms with Crippen LogP contribution in [-0.4, -0.2) is 54.4 Å². The van der Waals surface area contributed by atoms with Gasteiger partial charge in [-0.2, -0.15) is 0 Å². The number of nitrogens with one attached hydrogen (secondary N) is 1. The molecule has 1 aliphatic rings. The first-order valence-electron chi connectivity index (χ1n) is 6.46. The third-order valence-corrected chi connectivity index (χ3v) is 3.06. The fourth-order valence-electron chi connectivity index (χ4n) is 1.96. The van der Waals surface area contributed by atoms with Crippen LogP contribution in [0.5, 0.6) is 5.75 Å². The number of carboxylic acids is 1. The molecule has 0 aromatic heterocycles. The van der Waals surface area contributed by atoms with Crippen LogP contribution in [-0.2, 0) is 9.59 Å². The number of carboxylic acid groups (broad SMARTS) is 1. The number of likely N-dealkylation sites (N-methyl/N-ethyl adjacent to an activating group) is 1. The Morgan fingerprint density at radius 1 is 1.43 bits per heavy atom. The van der Waals surface area contributed by atoms with E-state index in [1.807, 2.05) is 0 Å². The largest absolute Gasteiger partial charge is 0.482 e. The van der Waals surface area contributed by atoms with Crippen LogP contribution >= 0.6 is 0 Å². The minimum Gasteiger partial charge on any atom is -0.482 e. The van der Waals surface area contributed by atoms with Crippen molar-refractivity contribution in [3.63, 3.8) is 0 Å². The number of benzene rings is 1. The summed E-state index contributed by atoms with van der Waals surface area (Å²) >= 11 is 0. The average molecular weight is 292 g/mol. The van der Waals surface area contributed by atoms with Crippen molar-refractivity contribution in [3.05, 3.63) is 23.8 Å². The Morgan fingerprint density at radius 3 is 2.90 bits per heavy atom. The summed E-state index contributed by atoms with van der Waals surface area (Å²) in [6, 6.07) is 4.84. The Balaban J connectivity index is 2.01. The summed E-state index contributed by atoms with van der Waals surface area (Å²) in [6.45, 7) is 0.380. The standard InChI is InChI=1S/C14H16N2O5/c1-16(5-4-14(19)20)7-11(17)9-2-3-12-10(6-9)15-13(18)8-21-12/h2-3,6H,4-5,7-8H2,1H3,(H,15,18)(H,19,20). The van der Waals surface area contributed by atoms with Gasteiger partial charge in [-0.25, -0.2) is 0 Å². The van der Waals surface area contributed by atoms with Crippen molar-refractivity contribution in [2.24, 2.45) is 0 Å². The maximum absolute atomic E-state index is 12.1. The van der Waals surface area contributed by atoms with E-state index in [1.165, 1.54) is 0 Å². The van der Waals surface area contributed by atoms with Crippen LogP contribution in [0.3, 0.4) is 0 Å². The Morgan fingerprint density at radius 2 is 2.19 bits per heavy atom. The van der Waals surface area contributed by atoms with E-state index in [0.717, 1.165) is 0 Å². The number of anilines is 1. The zero-order valence-electron chi connectivity index (χ0n) is 11.6. The summed E-state index contributed by atoms with van der Waals surface area (Å²) < 4.78 is 5.22. The summed E-state index contributed by atoms with van der Waals surface area (Å²) in [5.74, 6) is -0.774. The molecule has 7 heteroatoms. The monoisotopic (exact) mass is 292 g/mol. The van der Waals surface area contributed by atoms with E-state index in [2.05, 4.69) is 5.32 Å². The molecule has 1 heterocycles. The van der Waals surface area contributed by atoms with Crippen LogP contribution in [0.1, 0.15) is 16.8 Å². The van der Waals surface area contributed by atoms with Crippen molar-refractivity contribution in [3.8, 4) is 5.75 Å². The number of aliphatic carboxylic acids is 1. The van der Waals surface area contributed by atoms with Gasteiger partial charge in [0, 0.05) is 12.1 Å². The van der Waals surface area contributed by atoms with Crippen LogP contribution in [0.2, 0.25) is 0 Å². The van der Waals surface area contributed by atoms with Gasteiger partial charge in [0.1, 0.15) is 5.75 Å². The molecule has 0 bridgehead atoms. The number of ketones is 1. The number of fused-ring (bicyclic) bond motifs is 1. The topological polar surface area (TPSA) is 95.9 Å². The molecule has 2 N–H and O–H groups in total. The highest BCUT2D eigenvalue weighted by atomic mass is 16.5. The van der Waals surface area contributed by atoms with E-state index in [9.17, 15) is 14.4 Å². The number of amides is 1. The van der Waals surface area contributed by atoms with Crippen molar-refractivity contribution in [1.29, 1.82) is 0 Å². The molecular formula is C14H16N2O5. The molecule has 0 saturated carbocycles. The maximum Gasteiger partial charge on any atom is 0.304 e. The second kappa shape index (κ2) is 6.36. The lowest BCUT2D eigenvalue weighted by Crippen LogP contribution is -2.29. The third-order valence-electron chi connectivity index (χ3n) is 3.06. The van der Waals surface area contributed by atoms with Gasteiger partial charge in [0.2, 0.25) is 0 Å². The lowest BCUT2D eigenvalue weighted by atomic mass is 10.1. The summed E-state index contributed by atoms with van der Waals surface area (Å²) in [5, 5.41) is 11.2. The number of hydrogen-bond donors (Lipinski definition) is 2. The number of hydrogen-bond acceptors (Lipinski definition) is 5. The van der Waals surface area contributed by atoms with Gasteiger partial charge in [-0.15, -0.1) is 0 Å². The van der Waals surface area contributed by atoms with Crippen molar-refractivity contribution in [1.82, 2.24) is 4.90 Å². The number of carbonyl (C=O) groups is 3. The molecular weight excluding hydrogens is 276 g/mol. The molecule has 1 aromatic carbocycles. The zero-order chi connectivity index (χ0) is 15.4. The second-order valence-electron chi connectivity index (χ2n) is 4.85. The fraction of sp³-hybridized carbons (Fsp3) is 0.357. The highest BCUT2D eigenvalue weighted by Gasteiger charge is 2.18. The molecule has 0 aliphatic carbocycles. The third kappa shape index (κ3) is 4.03. The van der Waals surface area contributed by atoms with Gasteiger partial charge in [-0.05, 0) is 25.2 Å². The Kier molecular flexibility index (Phi) is 4.54. The minimum absolute atomic E-state index is 0.0160. The maximum atomic E-state index is 12.1. The molecule has 1 aromatic rings. The van der Waals surface area contributed by atoms with Crippen LogP contribution in [0.25, 0.3) is 0 Å². The normalized spacial score (nSPS) is 13.3. The zero-order valence-corrected chi connectivity index (χ0v) is 11.6. The van der Waals surface area contributed by atoms with Gasteiger partial charge in [0.15, 0.2) is 12.4 Å². The smallest absolute Gasteiger partial charge is 0.304 e. The predicted molar refractivity (Wildman–Crippen MR) is 74.6 cm³/mol. The van der Waals surface area contributed by atoms with E-state index in [1.54, 1.807) is 30.1 Å². The molecule has 0 fully saturated rings. The van der Waals surface area contributed by atoms with Gasteiger partial charge in [0.05, 0.1) is 18.7 Å². The van der Waals surface area contributed by atoms with Crippen LogP contribution in [0.15, 0.2) is 18.2 Å². The lowest BCUT2D eigenvalue weighted by Gasteiger charge is -2.19. The van der Waals surface area contributed by atoms with E-state index in [-0.39, 0.29) is 31.3 Å². The van der Waals surface area contributed by atoms with Gasteiger partial charge in [0.25, 0.3) is 5.91 Å². The summed E-state index contributed by atoms with van der Waals surface area (Å²) in [7, 11) is 1.68. The number of nitrogens with zero attached hydrogens (tertiary/aromatic N) is 1. The quantitative estimate of drug-likeness (QED) is 0.746. The summed E-state index contributed by atoms with van der Waals surface area (Å²) in [4.78, 5) is 35.5. The molecule has 112 valence electrons. The highest BCUT2D eigenvalue weighted by molar-refractivity contribution is 6.01. The molecule has 0 radical (unpaired) electrons. The molecule has 0 saturated heterocycles. The van der Waals surface area contributed by atoms with E-state index in [4.69, 9.17) is 9.84 Å². The molecule has 0 atom stereocenters. The first-order chi connectivity index (χ1) is 9.95. The van der Waals surface area contributed by atoms with Crippen LogP contribution < -0.4 is 10.1 Å². The van der Waals surface area contributed by atoms with Gasteiger partial charge < -0.3 is 15.2 Å². The first-order valence-corrected chi connectivity index (χ1v) is 6.46. The first kappa shape index (κ1) is 15.0. The van der Waals surface area contributed by atoms with E-state index in [0.29, 0.717) is 23.5 Å². The Labute approximate surface area is 121 Å². The number of Topliss-reactive ketones (excluding diaryl/α,β-unsaturated/α-hetero) is 1. The van der Waals surface area contributed by atoms with E-state index < -0.39 is 5.97 Å². The highest BCUT2D eigenvalue weighted by Crippen LogP contribution is 2.28. The average Bonchev–Trinajstić information content (AvgIpc) is 2.44. The van der Waals surface area contributed by atoms with Crippen LogP contribution in [0, 0.1) is 0 Å². The van der Waals surface area contributed by atoms with Gasteiger partial charge in [-0.3, -0.25) is 19.3 Å². The molecule has 0 unspecified atom stereocenters. The van der Waals surface area contributed by atoms with Crippen molar-refractivity contribution in [2.45, 2.75) is 6.42 Å². The fourth-order valence-corrected chi connectivity index (χ4v) is 1.96. The molecule has 0 spiro atoms. The van der Waals surface area contributed by atoms with Gasteiger partial charge in [-0.1, -0.05) is 0 Å². The summed E-state index contributed by atoms with van der Waals surface area (Å²) in [6.07, 6.45) is -0.0160. The molecule has 21 heavy (non-hydrogen) atoms. The Hall–Kier alpha value is -2.41. The number of rotatable bonds is 6. The number of ether oxygens (including phenoxy) is 1. The molecule has 7 nitrogen and oxygen atoms in total. The SMILES string of the molecule is CN(CCC(=O)O)CC(=O)c1ccc2c(c1)NC(=O)CO2. The molecule has 2 rings (SSSR count). The summed E-state index contributed by atoms with van der Waals surface area (Å²) in [5.41, 5.74) is 0.923.